The zero-order chi connectivity index (χ0) is 13.7. The molecule has 0 radical (unpaired) electrons. The van der Waals surface area contributed by atoms with Gasteiger partial charge < -0.3 is 15.8 Å². The van der Waals surface area contributed by atoms with Crippen LogP contribution < -0.4 is 16.6 Å². The van der Waals surface area contributed by atoms with E-state index in [9.17, 15) is 5.11 Å². The van der Waals surface area contributed by atoms with Crippen LogP contribution in [0, 0.1) is 0 Å². The van der Waals surface area contributed by atoms with E-state index in [-0.39, 0.29) is 0 Å². The van der Waals surface area contributed by atoms with Crippen LogP contribution in [-0.4, -0.2) is 21.6 Å². The van der Waals surface area contributed by atoms with Gasteiger partial charge in [0, 0.05) is 19.0 Å². The highest BCUT2D eigenvalue weighted by atomic mass is 32.1. The summed E-state index contributed by atoms with van der Waals surface area (Å²) in [5.74, 6) is 7.26. The number of nitrogens with two attached hydrogens (primary N) is 1. The number of hydrogen-bond donors (Lipinski definition) is 4. The Morgan fingerprint density at radius 2 is 2.21 bits per heavy atom. The Labute approximate surface area is 115 Å². The Morgan fingerprint density at radius 1 is 1.42 bits per heavy atom. The number of nitrogens with one attached hydrogen (secondary N) is 2. The maximum absolute atomic E-state index is 9.98. The number of aliphatic hydroxyl groups is 1. The lowest BCUT2D eigenvalue weighted by Crippen LogP contribution is -2.15. The summed E-state index contributed by atoms with van der Waals surface area (Å²) in [6.45, 7) is 2.36. The molecule has 0 fully saturated rings. The van der Waals surface area contributed by atoms with E-state index < -0.39 is 6.10 Å². The van der Waals surface area contributed by atoms with Gasteiger partial charge in [-0.25, -0.2) is 15.8 Å². The molecule has 0 aliphatic rings. The Morgan fingerprint density at radius 3 is 2.84 bits per heavy atom. The molecule has 0 spiro atoms. The lowest BCUT2D eigenvalue weighted by Gasteiger charge is -2.12. The smallest absolute Gasteiger partial charge is 0.145 e. The van der Waals surface area contributed by atoms with E-state index in [0.29, 0.717) is 24.0 Å². The second kappa shape index (κ2) is 6.46. The van der Waals surface area contributed by atoms with Crippen molar-refractivity contribution in [2.24, 2.45) is 5.84 Å². The number of aromatic nitrogens is 2. The maximum Gasteiger partial charge on any atom is 0.145 e. The largest absolute Gasteiger partial charge is 0.387 e. The molecule has 5 N–H and O–H groups in total. The maximum atomic E-state index is 9.98. The van der Waals surface area contributed by atoms with Crippen LogP contribution in [0.15, 0.2) is 22.9 Å². The zero-order valence-electron chi connectivity index (χ0n) is 10.6. The van der Waals surface area contributed by atoms with Gasteiger partial charge in [-0.15, -0.1) is 0 Å². The van der Waals surface area contributed by atoms with Gasteiger partial charge in [-0.05, 0) is 22.4 Å². The van der Waals surface area contributed by atoms with Crippen LogP contribution in [0.5, 0.6) is 0 Å². The van der Waals surface area contributed by atoms with Crippen molar-refractivity contribution >= 4 is 23.0 Å². The van der Waals surface area contributed by atoms with Crippen molar-refractivity contribution in [3.63, 3.8) is 0 Å². The Hall–Kier alpha value is -1.70. The molecule has 2 heterocycles. The molecule has 0 aliphatic carbocycles. The first-order valence-corrected chi connectivity index (χ1v) is 6.95. The van der Waals surface area contributed by atoms with Crippen molar-refractivity contribution in [3.8, 4) is 0 Å². The van der Waals surface area contributed by atoms with E-state index in [1.807, 2.05) is 23.8 Å². The minimum Gasteiger partial charge on any atom is -0.387 e. The van der Waals surface area contributed by atoms with Crippen molar-refractivity contribution < 1.29 is 5.11 Å². The van der Waals surface area contributed by atoms with Crippen LogP contribution in [0.25, 0.3) is 0 Å². The summed E-state index contributed by atoms with van der Waals surface area (Å²) in [6, 6.07) is 3.61. The number of aryl methyl sites for hydroxylation is 1. The number of anilines is 2. The van der Waals surface area contributed by atoms with Gasteiger partial charge in [-0.3, -0.25) is 0 Å². The first kappa shape index (κ1) is 13.7. The van der Waals surface area contributed by atoms with Gasteiger partial charge in [0.25, 0.3) is 0 Å². The van der Waals surface area contributed by atoms with Gasteiger partial charge >= 0.3 is 0 Å². The van der Waals surface area contributed by atoms with Crippen molar-refractivity contribution in [1.29, 1.82) is 0 Å². The first-order chi connectivity index (χ1) is 9.22. The molecule has 1 unspecified atom stereocenters. The van der Waals surface area contributed by atoms with Gasteiger partial charge in [-0.2, -0.15) is 11.3 Å². The van der Waals surface area contributed by atoms with Gasteiger partial charge in [0.15, 0.2) is 0 Å². The predicted molar refractivity (Wildman–Crippen MR) is 77.0 cm³/mol. The average Bonchev–Trinajstić information content (AvgIpc) is 2.98. The minimum atomic E-state index is -0.555. The zero-order valence-corrected chi connectivity index (χ0v) is 11.4. The average molecular weight is 279 g/mol. The molecule has 19 heavy (non-hydrogen) atoms. The molecule has 0 bridgehead atoms. The van der Waals surface area contributed by atoms with Gasteiger partial charge in [0.05, 0.1) is 6.10 Å². The van der Waals surface area contributed by atoms with E-state index >= 15 is 0 Å². The summed E-state index contributed by atoms with van der Waals surface area (Å²) in [5, 5.41) is 16.9. The molecule has 102 valence electrons. The molecule has 0 aliphatic heterocycles. The number of rotatable bonds is 6. The predicted octanol–water partition coefficient (Wildman–Crippen LogP) is 1.53. The van der Waals surface area contributed by atoms with Crippen LogP contribution in [0.4, 0.5) is 11.6 Å². The summed E-state index contributed by atoms with van der Waals surface area (Å²) in [6.07, 6.45) is 0.165. The van der Waals surface area contributed by atoms with E-state index in [0.717, 1.165) is 12.0 Å². The molecule has 7 heteroatoms. The molecule has 2 aromatic rings. The topological polar surface area (TPSA) is 96.1 Å². The highest BCUT2D eigenvalue weighted by molar-refractivity contribution is 7.07. The summed E-state index contributed by atoms with van der Waals surface area (Å²) in [4.78, 5) is 8.53. The Bertz CT molecular complexity index is 495. The van der Waals surface area contributed by atoms with Gasteiger partial charge in [-0.1, -0.05) is 6.92 Å². The first-order valence-electron chi connectivity index (χ1n) is 6.01. The van der Waals surface area contributed by atoms with Crippen molar-refractivity contribution in [2.75, 3.05) is 17.3 Å². The SMILES string of the molecule is CCc1nc(NN)cc(NCC(O)c2ccsc2)n1. The molecule has 0 saturated carbocycles. The number of nitrogen functional groups attached to an aromatic ring is 1. The van der Waals surface area contributed by atoms with Crippen molar-refractivity contribution in [3.05, 3.63) is 34.3 Å². The standard InChI is InChI=1S/C12H17N5OS/c1-2-10-15-11(5-12(16-10)17-13)14-6-9(18)8-3-4-19-7-8/h3-5,7,9,18H,2,6,13H2,1H3,(H2,14,15,16,17). The molecule has 1 atom stereocenters. The lowest BCUT2D eigenvalue weighted by molar-refractivity contribution is 0.192. The molecule has 6 nitrogen and oxygen atoms in total. The number of aliphatic hydroxyl groups excluding tert-OH is 1. The highest BCUT2D eigenvalue weighted by Gasteiger charge is 2.09. The van der Waals surface area contributed by atoms with Crippen LogP contribution in [0.2, 0.25) is 0 Å². The normalized spacial score (nSPS) is 12.2. The van der Waals surface area contributed by atoms with E-state index in [1.165, 1.54) is 0 Å². The van der Waals surface area contributed by atoms with Crippen LogP contribution >= 0.6 is 11.3 Å². The number of thiophene rings is 1. The Kier molecular flexibility index (Phi) is 4.67. The van der Waals surface area contributed by atoms with Crippen molar-refractivity contribution in [1.82, 2.24) is 9.97 Å². The molecule has 0 aromatic carbocycles. The van der Waals surface area contributed by atoms with E-state index in [1.54, 1.807) is 17.4 Å². The molecule has 0 amide bonds. The third kappa shape index (κ3) is 3.63. The van der Waals surface area contributed by atoms with Crippen molar-refractivity contribution in [2.45, 2.75) is 19.4 Å². The fourth-order valence-corrected chi connectivity index (χ4v) is 2.31. The second-order valence-corrected chi connectivity index (χ2v) is 4.79. The fraction of sp³-hybridized carbons (Fsp3) is 0.333. The summed E-state index contributed by atoms with van der Waals surface area (Å²) >= 11 is 1.56. The summed E-state index contributed by atoms with van der Waals surface area (Å²) < 4.78 is 0. The third-order valence-electron chi connectivity index (χ3n) is 2.64. The van der Waals surface area contributed by atoms with Crippen LogP contribution in [-0.2, 0) is 6.42 Å². The van der Waals surface area contributed by atoms with E-state index in [4.69, 9.17) is 5.84 Å². The number of hydrogen-bond acceptors (Lipinski definition) is 7. The minimum absolute atomic E-state index is 0.390. The summed E-state index contributed by atoms with van der Waals surface area (Å²) in [5.41, 5.74) is 3.41. The monoisotopic (exact) mass is 279 g/mol. The highest BCUT2D eigenvalue weighted by Crippen LogP contribution is 2.17. The summed E-state index contributed by atoms with van der Waals surface area (Å²) in [7, 11) is 0. The molecule has 2 rings (SSSR count). The Balaban J connectivity index is 2.02. The molecular formula is C12H17N5OS. The second-order valence-electron chi connectivity index (χ2n) is 4.01. The van der Waals surface area contributed by atoms with E-state index in [2.05, 4.69) is 20.7 Å². The lowest BCUT2D eigenvalue weighted by atomic mass is 10.2. The van der Waals surface area contributed by atoms with Gasteiger partial charge in [0.2, 0.25) is 0 Å². The number of hydrazine groups is 1. The quantitative estimate of drug-likeness (QED) is 0.473. The molecular weight excluding hydrogens is 262 g/mol. The van der Waals surface area contributed by atoms with Crippen LogP contribution in [0.1, 0.15) is 24.4 Å². The van der Waals surface area contributed by atoms with Gasteiger partial charge in [0.1, 0.15) is 17.5 Å². The van der Waals surface area contributed by atoms with Crippen LogP contribution in [0.3, 0.4) is 0 Å². The number of nitrogens with zero attached hydrogens (tertiary/aromatic N) is 2. The molecule has 2 aromatic heterocycles. The molecule has 0 saturated heterocycles. The third-order valence-corrected chi connectivity index (χ3v) is 3.34. The fourth-order valence-electron chi connectivity index (χ4n) is 1.60.